The van der Waals surface area contributed by atoms with E-state index in [-0.39, 0.29) is 18.1 Å². The number of nitrogens with zero attached hydrogens (tertiary/aromatic N) is 2. The summed E-state index contributed by atoms with van der Waals surface area (Å²) in [6.45, 7) is 5.49. The van der Waals surface area contributed by atoms with Crippen LogP contribution < -0.4 is 9.62 Å². The van der Waals surface area contributed by atoms with Gasteiger partial charge in [-0.3, -0.25) is 13.9 Å². The second kappa shape index (κ2) is 12.9. The van der Waals surface area contributed by atoms with Crippen LogP contribution in [0.2, 0.25) is 5.02 Å². The summed E-state index contributed by atoms with van der Waals surface area (Å²) in [4.78, 5) is 27.9. The van der Waals surface area contributed by atoms with E-state index >= 15 is 0 Å². The van der Waals surface area contributed by atoms with Crippen molar-refractivity contribution in [2.75, 3.05) is 23.7 Å². The summed E-state index contributed by atoms with van der Waals surface area (Å²) in [5.74, 6) is -1.30. The molecule has 0 unspecified atom stereocenters. The van der Waals surface area contributed by atoms with Gasteiger partial charge in [0.2, 0.25) is 21.8 Å². The van der Waals surface area contributed by atoms with Gasteiger partial charge in [-0.2, -0.15) is 0 Å². The number of hydrogen-bond acceptors (Lipinski definition) is 4. The van der Waals surface area contributed by atoms with Gasteiger partial charge in [-0.25, -0.2) is 12.8 Å². The van der Waals surface area contributed by atoms with Crippen molar-refractivity contribution in [1.82, 2.24) is 10.2 Å². The molecule has 2 aromatic rings. The molecule has 1 atom stereocenters. The number of halogens is 2. The molecule has 0 spiro atoms. The van der Waals surface area contributed by atoms with E-state index in [2.05, 4.69) is 5.32 Å². The molecule has 0 aliphatic heterocycles. The van der Waals surface area contributed by atoms with Crippen molar-refractivity contribution in [3.05, 3.63) is 64.4 Å². The van der Waals surface area contributed by atoms with Crippen LogP contribution >= 0.6 is 11.6 Å². The van der Waals surface area contributed by atoms with Crippen LogP contribution in [-0.4, -0.2) is 50.5 Å². The number of nitrogens with one attached hydrogen (secondary N) is 1. The standard InChI is InChI=1S/C25H33ClFN3O4S/c1-5-7-14-28-25(32)22(6-2)29(16-19-9-12-21(27)13-10-19)24(31)17-30(35(4,33)34)23-15-20(26)11-8-18(23)3/h8-13,15,22H,5-7,14,16-17H2,1-4H3,(H,28,32)/t22-/m1/s1. The van der Waals surface area contributed by atoms with Gasteiger partial charge in [0.15, 0.2) is 0 Å². The summed E-state index contributed by atoms with van der Waals surface area (Å²) >= 11 is 6.10. The Hall–Kier alpha value is -2.65. The van der Waals surface area contributed by atoms with Crippen molar-refractivity contribution in [1.29, 1.82) is 0 Å². The van der Waals surface area contributed by atoms with Crippen molar-refractivity contribution in [2.24, 2.45) is 0 Å². The van der Waals surface area contributed by atoms with Crippen molar-refractivity contribution in [3.63, 3.8) is 0 Å². The quantitative estimate of drug-likeness (QED) is 0.419. The minimum atomic E-state index is -3.86. The van der Waals surface area contributed by atoms with Crippen LogP contribution in [0.25, 0.3) is 0 Å². The van der Waals surface area contributed by atoms with Crippen LogP contribution in [0.15, 0.2) is 42.5 Å². The van der Waals surface area contributed by atoms with Gasteiger partial charge in [-0.1, -0.05) is 50.1 Å². The molecule has 192 valence electrons. The molecular weight excluding hydrogens is 493 g/mol. The van der Waals surface area contributed by atoms with Gasteiger partial charge in [0.05, 0.1) is 11.9 Å². The molecule has 0 fully saturated rings. The zero-order chi connectivity index (χ0) is 26.2. The maximum Gasteiger partial charge on any atom is 0.244 e. The van der Waals surface area contributed by atoms with Crippen molar-refractivity contribution < 1.29 is 22.4 Å². The Kier molecular flexibility index (Phi) is 10.5. The van der Waals surface area contributed by atoms with E-state index < -0.39 is 34.3 Å². The Morgan fingerprint density at radius 1 is 1.11 bits per heavy atom. The zero-order valence-electron chi connectivity index (χ0n) is 20.6. The SMILES string of the molecule is CCCCNC(=O)[C@@H](CC)N(Cc1ccc(F)cc1)C(=O)CN(c1cc(Cl)ccc1C)S(C)(=O)=O. The van der Waals surface area contributed by atoms with E-state index in [1.54, 1.807) is 26.0 Å². The number of unbranched alkanes of at least 4 members (excludes halogenated alkanes) is 1. The lowest BCUT2D eigenvalue weighted by Crippen LogP contribution is -2.52. The smallest absolute Gasteiger partial charge is 0.244 e. The van der Waals surface area contributed by atoms with Crippen LogP contribution in [0.1, 0.15) is 44.2 Å². The van der Waals surface area contributed by atoms with Gasteiger partial charge in [-0.05, 0) is 55.2 Å². The number of sulfonamides is 1. The summed E-state index contributed by atoms with van der Waals surface area (Å²) in [6.07, 6.45) is 3.03. The predicted octanol–water partition coefficient (Wildman–Crippen LogP) is 4.28. The highest BCUT2D eigenvalue weighted by atomic mass is 35.5. The molecule has 0 saturated carbocycles. The highest BCUT2D eigenvalue weighted by Crippen LogP contribution is 2.27. The van der Waals surface area contributed by atoms with Crippen LogP contribution in [0, 0.1) is 12.7 Å². The molecule has 0 aliphatic rings. The lowest BCUT2D eigenvalue weighted by atomic mass is 10.1. The van der Waals surface area contributed by atoms with Crippen LogP contribution in [0.5, 0.6) is 0 Å². The van der Waals surface area contributed by atoms with E-state index in [0.29, 0.717) is 29.1 Å². The van der Waals surface area contributed by atoms with Gasteiger partial charge in [0.25, 0.3) is 0 Å². The van der Waals surface area contributed by atoms with Crippen molar-refractivity contribution >= 4 is 39.1 Å². The first-order chi connectivity index (χ1) is 16.5. The molecule has 35 heavy (non-hydrogen) atoms. The average Bonchev–Trinajstić information content (AvgIpc) is 2.79. The summed E-state index contributed by atoms with van der Waals surface area (Å²) in [6, 6.07) is 9.59. The topological polar surface area (TPSA) is 86.8 Å². The molecule has 2 aromatic carbocycles. The monoisotopic (exact) mass is 525 g/mol. The number of carbonyl (C=O) groups is 2. The zero-order valence-corrected chi connectivity index (χ0v) is 22.1. The minimum absolute atomic E-state index is 0.0188. The van der Waals surface area contributed by atoms with E-state index in [1.807, 2.05) is 6.92 Å². The number of rotatable bonds is 12. The fourth-order valence-corrected chi connectivity index (χ4v) is 4.72. The van der Waals surface area contributed by atoms with Crippen LogP contribution in [0.4, 0.5) is 10.1 Å². The molecule has 10 heteroatoms. The number of hydrogen-bond donors (Lipinski definition) is 1. The first kappa shape index (κ1) is 28.6. The van der Waals surface area contributed by atoms with Gasteiger partial charge in [-0.15, -0.1) is 0 Å². The van der Waals surface area contributed by atoms with Crippen molar-refractivity contribution in [3.8, 4) is 0 Å². The number of amides is 2. The Morgan fingerprint density at radius 2 is 1.77 bits per heavy atom. The minimum Gasteiger partial charge on any atom is -0.354 e. The maximum absolute atomic E-state index is 13.6. The van der Waals surface area contributed by atoms with Gasteiger partial charge < -0.3 is 10.2 Å². The second-order valence-electron chi connectivity index (χ2n) is 8.42. The van der Waals surface area contributed by atoms with Crippen molar-refractivity contribution in [2.45, 2.75) is 52.6 Å². The third kappa shape index (κ3) is 8.21. The Labute approximate surface area is 212 Å². The number of anilines is 1. The van der Waals surface area contributed by atoms with Gasteiger partial charge in [0.1, 0.15) is 18.4 Å². The molecule has 0 heterocycles. The van der Waals surface area contributed by atoms with Gasteiger partial charge in [0, 0.05) is 18.1 Å². The molecule has 0 saturated heterocycles. The third-order valence-corrected chi connectivity index (χ3v) is 6.96. The molecule has 0 aromatic heterocycles. The fraction of sp³-hybridized carbons (Fsp3) is 0.440. The molecule has 2 rings (SSSR count). The predicted molar refractivity (Wildman–Crippen MR) is 137 cm³/mol. The van der Waals surface area contributed by atoms with E-state index in [9.17, 15) is 22.4 Å². The Balaban J connectivity index is 2.43. The van der Waals surface area contributed by atoms with E-state index in [4.69, 9.17) is 11.6 Å². The lowest BCUT2D eigenvalue weighted by molar-refractivity contribution is -0.140. The maximum atomic E-state index is 13.6. The van der Waals surface area contributed by atoms with E-state index in [0.717, 1.165) is 23.4 Å². The summed E-state index contributed by atoms with van der Waals surface area (Å²) < 4.78 is 39.8. The number of carbonyl (C=O) groups excluding carboxylic acids is 2. The molecule has 7 nitrogen and oxygen atoms in total. The molecule has 0 bridgehead atoms. The van der Waals surface area contributed by atoms with Crippen LogP contribution in [-0.2, 0) is 26.2 Å². The van der Waals surface area contributed by atoms with E-state index in [1.165, 1.54) is 35.2 Å². The molecule has 1 N–H and O–H groups in total. The fourth-order valence-electron chi connectivity index (χ4n) is 3.66. The summed E-state index contributed by atoms with van der Waals surface area (Å²) in [7, 11) is -3.86. The van der Waals surface area contributed by atoms with Gasteiger partial charge >= 0.3 is 0 Å². The molecule has 2 amide bonds. The highest BCUT2D eigenvalue weighted by molar-refractivity contribution is 7.92. The summed E-state index contributed by atoms with van der Waals surface area (Å²) in [5, 5.41) is 3.18. The molecule has 0 radical (unpaired) electrons. The number of benzene rings is 2. The largest absolute Gasteiger partial charge is 0.354 e. The second-order valence-corrected chi connectivity index (χ2v) is 10.8. The first-order valence-corrected chi connectivity index (χ1v) is 13.8. The average molecular weight is 526 g/mol. The first-order valence-electron chi connectivity index (χ1n) is 11.5. The molecule has 0 aliphatic carbocycles. The molecular formula is C25H33ClFN3O4S. The Bertz CT molecular complexity index is 1130. The number of aryl methyl sites for hydroxylation is 1. The summed E-state index contributed by atoms with van der Waals surface area (Å²) in [5.41, 5.74) is 1.53. The lowest BCUT2D eigenvalue weighted by Gasteiger charge is -2.33. The normalized spacial score (nSPS) is 12.2. The van der Waals surface area contributed by atoms with Crippen LogP contribution in [0.3, 0.4) is 0 Å². The highest BCUT2D eigenvalue weighted by Gasteiger charge is 2.32. The Morgan fingerprint density at radius 3 is 2.34 bits per heavy atom. The third-order valence-electron chi connectivity index (χ3n) is 5.60.